The summed E-state index contributed by atoms with van der Waals surface area (Å²) in [5, 5.41) is 1.18. The Morgan fingerprint density at radius 3 is 2.70 bits per heavy atom. The van der Waals surface area contributed by atoms with Crippen LogP contribution in [0.1, 0.15) is 5.56 Å². The highest BCUT2D eigenvalue weighted by Crippen LogP contribution is 2.25. The number of rotatable bonds is 4. The summed E-state index contributed by atoms with van der Waals surface area (Å²) in [5.41, 5.74) is 8.13. The van der Waals surface area contributed by atoms with Gasteiger partial charge < -0.3 is 10.5 Å². The van der Waals surface area contributed by atoms with Crippen LogP contribution in [0, 0.1) is 0 Å². The number of ether oxygens (including phenoxy) is 1. The van der Waals surface area contributed by atoms with Crippen LogP contribution >= 0.6 is 23.2 Å². The first-order valence-corrected chi connectivity index (χ1v) is 7.63. The largest absolute Gasteiger partial charge is 0.489 e. The maximum Gasteiger partial charge on any atom is 0.220 e. The zero-order valence-corrected chi connectivity index (χ0v) is 13.6. The summed E-state index contributed by atoms with van der Waals surface area (Å²) in [4.78, 5) is 8.09. The van der Waals surface area contributed by atoms with Crippen molar-refractivity contribution in [2.45, 2.75) is 6.61 Å². The Morgan fingerprint density at radius 1 is 1.04 bits per heavy atom. The molecule has 23 heavy (non-hydrogen) atoms. The first-order chi connectivity index (χ1) is 11.1. The summed E-state index contributed by atoms with van der Waals surface area (Å²) in [6, 6.07) is 14.7. The standard InChI is InChI=1S/C17H13Cl2N3O/c18-13-5-4-12(15(19)9-13)10-23-14-3-1-2-11(8-14)16-6-7-21-17(20)22-16/h1-9H,10H2,(H2,20,21,22). The fourth-order valence-corrected chi connectivity index (χ4v) is 2.54. The van der Waals surface area contributed by atoms with Crippen molar-refractivity contribution in [3.63, 3.8) is 0 Å². The van der Waals surface area contributed by atoms with Gasteiger partial charge in [0.25, 0.3) is 0 Å². The SMILES string of the molecule is Nc1nccc(-c2cccc(OCc3ccc(Cl)cc3Cl)c2)n1. The fourth-order valence-electron chi connectivity index (χ4n) is 2.08. The van der Waals surface area contributed by atoms with Gasteiger partial charge in [-0.15, -0.1) is 0 Å². The molecule has 0 unspecified atom stereocenters. The Bertz CT molecular complexity index is 840. The Balaban J connectivity index is 1.78. The molecule has 0 radical (unpaired) electrons. The molecule has 0 spiro atoms. The summed E-state index contributed by atoms with van der Waals surface area (Å²) < 4.78 is 5.80. The third-order valence-corrected chi connectivity index (χ3v) is 3.80. The molecule has 0 amide bonds. The van der Waals surface area contributed by atoms with E-state index in [0.29, 0.717) is 22.4 Å². The van der Waals surface area contributed by atoms with Crippen LogP contribution in [0.25, 0.3) is 11.3 Å². The number of halogens is 2. The molecule has 1 heterocycles. The van der Waals surface area contributed by atoms with Gasteiger partial charge in [-0.25, -0.2) is 9.97 Å². The van der Waals surface area contributed by atoms with Crippen molar-refractivity contribution in [1.82, 2.24) is 9.97 Å². The van der Waals surface area contributed by atoms with Crippen molar-refractivity contribution in [2.75, 3.05) is 5.73 Å². The second-order valence-electron chi connectivity index (χ2n) is 4.85. The molecule has 4 nitrogen and oxygen atoms in total. The molecule has 0 atom stereocenters. The maximum absolute atomic E-state index is 6.15. The number of hydrogen-bond donors (Lipinski definition) is 1. The molecule has 6 heteroatoms. The van der Waals surface area contributed by atoms with E-state index in [2.05, 4.69) is 9.97 Å². The average Bonchev–Trinajstić information content (AvgIpc) is 2.54. The van der Waals surface area contributed by atoms with Gasteiger partial charge in [0.1, 0.15) is 12.4 Å². The van der Waals surface area contributed by atoms with Crippen molar-refractivity contribution in [3.8, 4) is 17.0 Å². The summed E-state index contributed by atoms with van der Waals surface area (Å²) in [6.07, 6.45) is 1.62. The number of nitrogen functional groups attached to an aromatic ring is 1. The van der Waals surface area contributed by atoms with Crippen molar-refractivity contribution in [1.29, 1.82) is 0 Å². The zero-order chi connectivity index (χ0) is 16.2. The lowest BCUT2D eigenvalue weighted by atomic mass is 10.1. The van der Waals surface area contributed by atoms with Crippen LogP contribution in [0.15, 0.2) is 54.7 Å². The van der Waals surface area contributed by atoms with Gasteiger partial charge in [-0.3, -0.25) is 0 Å². The van der Waals surface area contributed by atoms with Gasteiger partial charge in [-0.2, -0.15) is 0 Å². The molecule has 0 aliphatic rings. The van der Waals surface area contributed by atoms with Crippen LogP contribution in [0.2, 0.25) is 10.0 Å². The summed E-state index contributed by atoms with van der Waals surface area (Å²) in [5.74, 6) is 0.951. The topological polar surface area (TPSA) is 61.0 Å². The van der Waals surface area contributed by atoms with E-state index in [9.17, 15) is 0 Å². The van der Waals surface area contributed by atoms with Gasteiger partial charge in [0.05, 0.1) is 5.69 Å². The van der Waals surface area contributed by atoms with Gasteiger partial charge >= 0.3 is 0 Å². The van der Waals surface area contributed by atoms with Crippen molar-refractivity contribution < 1.29 is 4.74 Å². The molecular weight excluding hydrogens is 333 g/mol. The first-order valence-electron chi connectivity index (χ1n) is 6.87. The third-order valence-electron chi connectivity index (χ3n) is 3.21. The van der Waals surface area contributed by atoms with Crippen LogP contribution < -0.4 is 10.5 Å². The van der Waals surface area contributed by atoms with E-state index in [1.54, 1.807) is 24.4 Å². The smallest absolute Gasteiger partial charge is 0.220 e. The molecule has 116 valence electrons. The second kappa shape index (κ2) is 6.86. The fraction of sp³-hybridized carbons (Fsp3) is 0.0588. The highest BCUT2D eigenvalue weighted by Gasteiger charge is 2.05. The normalized spacial score (nSPS) is 10.5. The van der Waals surface area contributed by atoms with E-state index >= 15 is 0 Å². The van der Waals surface area contributed by atoms with Gasteiger partial charge in [0.15, 0.2) is 0 Å². The van der Waals surface area contributed by atoms with Gasteiger partial charge in [0, 0.05) is 27.4 Å². The minimum atomic E-state index is 0.238. The van der Waals surface area contributed by atoms with E-state index in [1.807, 2.05) is 30.3 Å². The molecule has 0 fully saturated rings. The Morgan fingerprint density at radius 2 is 1.91 bits per heavy atom. The second-order valence-corrected chi connectivity index (χ2v) is 5.70. The Labute approximate surface area is 143 Å². The monoisotopic (exact) mass is 345 g/mol. The summed E-state index contributed by atoms with van der Waals surface area (Å²) in [7, 11) is 0. The quantitative estimate of drug-likeness (QED) is 0.749. The van der Waals surface area contributed by atoms with Gasteiger partial charge in [0.2, 0.25) is 5.95 Å². The predicted octanol–water partition coefficient (Wildman–Crippen LogP) is 4.61. The number of aromatic nitrogens is 2. The summed E-state index contributed by atoms with van der Waals surface area (Å²) in [6.45, 7) is 0.353. The molecule has 2 aromatic carbocycles. The van der Waals surface area contributed by atoms with Crippen LogP contribution in [-0.2, 0) is 6.61 Å². The number of nitrogens with two attached hydrogens (primary N) is 1. The molecule has 0 bridgehead atoms. The van der Waals surface area contributed by atoms with Crippen LogP contribution in [0.4, 0.5) is 5.95 Å². The van der Waals surface area contributed by atoms with Crippen molar-refractivity contribution in [2.24, 2.45) is 0 Å². The first kappa shape index (κ1) is 15.6. The molecular formula is C17H13Cl2N3O. The van der Waals surface area contributed by atoms with Gasteiger partial charge in [-0.05, 0) is 30.3 Å². The number of benzene rings is 2. The lowest BCUT2D eigenvalue weighted by Gasteiger charge is -2.09. The molecule has 0 aliphatic heterocycles. The van der Waals surface area contributed by atoms with E-state index in [4.69, 9.17) is 33.7 Å². The Hall–Kier alpha value is -2.30. The van der Waals surface area contributed by atoms with Crippen molar-refractivity contribution in [3.05, 3.63) is 70.3 Å². The minimum absolute atomic E-state index is 0.238. The van der Waals surface area contributed by atoms with E-state index < -0.39 is 0 Å². The van der Waals surface area contributed by atoms with Crippen molar-refractivity contribution >= 4 is 29.2 Å². The predicted molar refractivity (Wildman–Crippen MR) is 92.7 cm³/mol. The van der Waals surface area contributed by atoms with Crippen LogP contribution in [-0.4, -0.2) is 9.97 Å². The molecule has 0 aliphatic carbocycles. The zero-order valence-electron chi connectivity index (χ0n) is 12.0. The number of hydrogen-bond acceptors (Lipinski definition) is 4. The lowest BCUT2D eigenvalue weighted by Crippen LogP contribution is -1.97. The average molecular weight is 346 g/mol. The molecule has 2 N–H and O–H groups in total. The number of anilines is 1. The molecule has 1 aromatic heterocycles. The lowest BCUT2D eigenvalue weighted by molar-refractivity contribution is 0.306. The number of nitrogens with zero attached hydrogens (tertiary/aromatic N) is 2. The van der Waals surface area contributed by atoms with E-state index in [0.717, 1.165) is 16.8 Å². The van der Waals surface area contributed by atoms with Gasteiger partial charge in [-0.1, -0.05) is 41.4 Å². The van der Waals surface area contributed by atoms with E-state index in [1.165, 1.54) is 0 Å². The van der Waals surface area contributed by atoms with Crippen LogP contribution in [0.5, 0.6) is 5.75 Å². The highest BCUT2D eigenvalue weighted by molar-refractivity contribution is 6.35. The highest BCUT2D eigenvalue weighted by atomic mass is 35.5. The molecule has 3 aromatic rings. The third kappa shape index (κ3) is 3.92. The molecule has 0 saturated heterocycles. The Kier molecular flexibility index (Phi) is 4.65. The van der Waals surface area contributed by atoms with E-state index in [-0.39, 0.29) is 5.95 Å². The van der Waals surface area contributed by atoms with Crippen LogP contribution in [0.3, 0.4) is 0 Å². The summed E-state index contributed by atoms with van der Waals surface area (Å²) >= 11 is 12.0. The molecule has 0 saturated carbocycles. The minimum Gasteiger partial charge on any atom is -0.489 e. The maximum atomic E-state index is 6.15. The molecule has 3 rings (SSSR count).